The molecule has 4 aliphatic rings. The van der Waals surface area contributed by atoms with Gasteiger partial charge in [0, 0.05) is 25.3 Å². The molecule has 35 heavy (non-hydrogen) atoms. The van der Waals surface area contributed by atoms with E-state index in [9.17, 15) is 14.7 Å². The number of hydrogen-bond acceptors (Lipinski definition) is 5. The standard InChI is InChI=1S/C27H32ClN3O4/c28-22-4-2-19(23-5-3-20(26(34)35)24(31-23)29-6-1-7-32)11-21(22)25(33)30-15-27-12-16-8-17(13-27)10-18(9-16)14-27/h2-5,11,16-18,32H,1,6-10,12-15H2,(H,29,31)(H,30,33)(H,34,35). The molecule has 0 aliphatic heterocycles. The van der Waals surface area contributed by atoms with Gasteiger partial charge in [0.1, 0.15) is 11.4 Å². The zero-order valence-electron chi connectivity index (χ0n) is 19.7. The molecular formula is C27H32ClN3O4. The maximum atomic E-state index is 13.2. The van der Waals surface area contributed by atoms with Crippen LogP contribution in [-0.4, -0.2) is 46.8 Å². The molecule has 4 saturated carbocycles. The van der Waals surface area contributed by atoms with Gasteiger partial charge >= 0.3 is 5.97 Å². The lowest BCUT2D eigenvalue weighted by molar-refractivity contribution is -0.0503. The minimum atomic E-state index is -1.09. The number of benzene rings is 1. The summed E-state index contributed by atoms with van der Waals surface area (Å²) in [7, 11) is 0. The second-order valence-electron chi connectivity index (χ2n) is 10.7. The van der Waals surface area contributed by atoms with Crippen molar-refractivity contribution in [1.82, 2.24) is 10.3 Å². The zero-order chi connectivity index (χ0) is 24.6. The zero-order valence-corrected chi connectivity index (χ0v) is 20.5. The predicted molar refractivity (Wildman–Crippen MR) is 135 cm³/mol. The summed E-state index contributed by atoms with van der Waals surface area (Å²) in [6.07, 6.45) is 8.24. The number of amides is 1. The van der Waals surface area contributed by atoms with Crippen molar-refractivity contribution in [3.05, 3.63) is 46.5 Å². The van der Waals surface area contributed by atoms with E-state index >= 15 is 0 Å². The van der Waals surface area contributed by atoms with E-state index in [0.717, 1.165) is 17.8 Å². The van der Waals surface area contributed by atoms with Gasteiger partial charge in [0.05, 0.1) is 16.3 Å². The number of carbonyl (C=O) groups excluding carboxylic acids is 1. The van der Waals surface area contributed by atoms with Gasteiger partial charge in [-0.3, -0.25) is 4.79 Å². The summed E-state index contributed by atoms with van der Waals surface area (Å²) < 4.78 is 0. The molecule has 0 spiro atoms. The van der Waals surface area contributed by atoms with Gasteiger partial charge in [-0.15, -0.1) is 0 Å². The summed E-state index contributed by atoms with van der Waals surface area (Å²) in [6.45, 7) is 1.08. The number of anilines is 1. The van der Waals surface area contributed by atoms with Gasteiger partial charge in [-0.25, -0.2) is 9.78 Å². The van der Waals surface area contributed by atoms with E-state index in [1.54, 1.807) is 24.3 Å². The maximum Gasteiger partial charge on any atom is 0.339 e. The van der Waals surface area contributed by atoms with Crippen molar-refractivity contribution in [1.29, 1.82) is 0 Å². The van der Waals surface area contributed by atoms with Crippen LogP contribution in [0.3, 0.4) is 0 Å². The van der Waals surface area contributed by atoms with Gasteiger partial charge < -0.3 is 20.8 Å². The number of nitrogens with zero attached hydrogens (tertiary/aromatic N) is 1. The lowest BCUT2D eigenvalue weighted by Gasteiger charge is -2.56. The minimum Gasteiger partial charge on any atom is -0.478 e. The monoisotopic (exact) mass is 497 g/mol. The Morgan fingerprint density at radius 1 is 1.03 bits per heavy atom. The van der Waals surface area contributed by atoms with E-state index in [-0.39, 0.29) is 29.3 Å². The number of nitrogens with one attached hydrogen (secondary N) is 2. The maximum absolute atomic E-state index is 13.2. The topological polar surface area (TPSA) is 112 Å². The van der Waals surface area contributed by atoms with Gasteiger partial charge in [-0.1, -0.05) is 17.7 Å². The average molecular weight is 498 g/mol. The molecule has 186 valence electrons. The number of carboxylic acid groups (broad SMARTS) is 1. The highest BCUT2D eigenvalue weighted by Gasteiger charge is 2.50. The molecule has 6 rings (SSSR count). The highest BCUT2D eigenvalue weighted by Crippen LogP contribution is 2.59. The van der Waals surface area contributed by atoms with Crippen LogP contribution in [0.5, 0.6) is 0 Å². The molecule has 4 aliphatic carbocycles. The summed E-state index contributed by atoms with van der Waals surface area (Å²) in [5, 5.41) is 25.1. The van der Waals surface area contributed by atoms with Crippen LogP contribution < -0.4 is 10.6 Å². The molecular weight excluding hydrogens is 466 g/mol. The van der Waals surface area contributed by atoms with Gasteiger partial charge in [-0.2, -0.15) is 0 Å². The SMILES string of the molecule is O=C(NCC12CC3CC(CC(C3)C1)C2)c1cc(-c2ccc(C(=O)O)c(NCCCO)n2)ccc1Cl. The number of pyridine rings is 1. The number of aromatic nitrogens is 1. The van der Waals surface area contributed by atoms with Crippen LogP contribution in [0.4, 0.5) is 5.82 Å². The van der Waals surface area contributed by atoms with Gasteiger partial charge in [-0.05, 0) is 92.4 Å². The third kappa shape index (κ3) is 5.02. The Balaban J connectivity index is 1.33. The largest absolute Gasteiger partial charge is 0.478 e. The first-order valence-corrected chi connectivity index (χ1v) is 12.9. The van der Waals surface area contributed by atoms with E-state index in [0.29, 0.717) is 41.4 Å². The van der Waals surface area contributed by atoms with Crippen LogP contribution in [0.1, 0.15) is 65.7 Å². The van der Waals surface area contributed by atoms with E-state index in [1.165, 1.54) is 44.6 Å². The Bertz CT molecular complexity index is 1100. The quantitative estimate of drug-likeness (QED) is 0.369. The van der Waals surface area contributed by atoms with E-state index in [1.807, 2.05) is 0 Å². The molecule has 4 N–H and O–H groups in total. The van der Waals surface area contributed by atoms with Crippen LogP contribution >= 0.6 is 11.6 Å². The van der Waals surface area contributed by atoms with Crippen molar-refractivity contribution in [3.8, 4) is 11.3 Å². The third-order valence-electron chi connectivity index (χ3n) is 8.05. The number of aliphatic hydroxyl groups is 1. The Labute approximate surface area is 210 Å². The van der Waals surface area contributed by atoms with Crippen LogP contribution in [0, 0.1) is 23.2 Å². The van der Waals surface area contributed by atoms with E-state index < -0.39 is 5.97 Å². The van der Waals surface area contributed by atoms with Crippen molar-refractivity contribution in [2.24, 2.45) is 23.2 Å². The normalized spacial score (nSPS) is 26.5. The first-order valence-electron chi connectivity index (χ1n) is 12.5. The Kier molecular flexibility index (Phi) is 6.73. The number of aliphatic hydroxyl groups excluding tert-OH is 1. The second-order valence-corrected chi connectivity index (χ2v) is 11.1. The summed E-state index contributed by atoms with van der Waals surface area (Å²) >= 11 is 6.42. The van der Waals surface area contributed by atoms with E-state index in [2.05, 4.69) is 15.6 Å². The van der Waals surface area contributed by atoms with Crippen molar-refractivity contribution >= 4 is 29.3 Å². The Morgan fingerprint density at radius 2 is 1.71 bits per heavy atom. The predicted octanol–water partition coefficient (Wildman–Crippen LogP) is 4.84. The lowest BCUT2D eigenvalue weighted by Crippen LogP contribution is -2.51. The van der Waals surface area contributed by atoms with E-state index in [4.69, 9.17) is 16.7 Å². The Hall–Kier alpha value is -2.64. The molecule has 7 nitrogen and oxygen atoms in total. The molecule has 0 saturated heterocycles. The molecule has 0 radical (unpaired) electrons. The van der Waals surface area contributed by atoms with Crippen LogP contribution in [0.15, 0.2) is 30.3 Å². The average Bonchev–Trinajstić information content (AvgIpc) is 2.82. The van der Waals surface area contributed by atoms with Crippen molar-refractivity contribution in [3.63, 3.8) is 0 Å². The number of aromatic carboxylic acids is 1. The first-order chi connectivity index (χ1) is 16.9. The summed E-state index contributed by atoms with van der Waals surface area (Å²) in [4.78, 5) is 29.3. The number of hydrogen-bond donors (Lipinski definition) is 4. The number of rotatable bonds is 9. The third-order valence-corrected chi connectivity index (χ3v) is 8.38. The second kappa shape index (κ2) is 9.78. The molecule has 1 heterocycles. The van der Waals surface area contributed by atoms with Crippen molar-refractivity contribution in [2.75, 3.05) is 25.0 Å². The molecule has 1 aromatic heterocycles. The van der Waals surface area contributed by atoms with Crippen molar-refractivity contribution in [2.45, 2.75) is 44.9 Å². The fourth-order valence-electron chi connectivity index (χ4n) is 6.94. The highest BCUT2D eigenvalue weighted by molar-refractivity contribution is 6.34. The molecule has 1 amide bonds. The van der Waals surface area contributed by atoms with Crippen molar-refractivity contribution < 1.29 is 19.8 Å². The van der Waals surface area contributed by atoms with Crippen LogP contribution in [0.25, 0.3) is 11.3 Å². The van der Waals surface area contributed by atoms with Gasteiger partial charge in [0.2, 0.25) is 0 Å². The fourth-order valence-corrected chi connectivity index (χ4v) is 7.14. The first kappa shape index (κ1) is 24.1. The summed E-state index contributed by atoms with van der Waals surface area (Å²) in [6, 6.07) is 8.30. The molecule has 4 bridgehead atoms. The Morgan fingerprint density at radius 3 is 2.34 bits per heavy atom. The smallest absolute Gasteiger partial charge is 0.339 e. The molecule has 0 atom stereocenters. The lowest BCUT2D eigenvalue weighted by atomic mass is 9.49. The summed E-state index contributed by atoms with van der Waals surface area (Å²) in [5.74, 6) is 1.43. The molecule has 2 aromatic rings. The highest BCUT2D eigenvalue weighted by atomic mass is 35.5. The van der Waals surface area contributed by atoms with Crippen LogP contribution in [-0.2, 0) is 0 Å². The molecule has 8 heteroatoms. The minimum absolute atomic E-state index is 0.00595. The van der Waals surface area contributed by atoms with Crippen LogP contribution in [0.2, 0.25) is 5.02 Å². The molecule has 4 fully saturated rings. The summed E-state index contributed by atoms with van der Waals surface area (Å²) in [5.41, 5.74) is 1.89. The molecule has 1 aromatic carbocycles. The number of carbonyl (C=O) groups is 2. The van der Waals surface area contributed by atoms with Gasteiger partial charge in [0.15, 0.2) is 0 Å². The van der Waals surface area contributed by atoms with Gasteiger partial charge in [0.25, 0.3) is 5.91 Å². The fraction of sp³-hybridized carbons (Fsp3) is 0.519. The number of halogens is 1. The number of carboxylic acids is 1. The molecule has 0 unspecified atom stereocenters.